The highest BCUT2D eigenvalue weighted by Crippen LogP contribution is 2.53. The van der Waals surface area contributed by atoms with E-state index in [4.69, 9.17) is 0 Å². The second-order valence-corrected chi connectivity index (χ2v) is 7.77. The van der Waals surface area contributed by atoms with Crippen LogP contribution in [0.4, 0.5) is 39.5 Å². The number of esters is 3. The molecule has 0 spiro atoms. The summed E-state index contributed by atoms with van der Waals surface area (Å²) in [7, 11) is 0. The summed E-state index contributed by atoms with van der Waals surface area (Å²) in [6.45, 7) is -0.483. The minimum Gasteiger partial charge on any atom is -0.465 e. The van der Waals surface area contributed by atoms with E-state index in [2.05, 4.69) is 14.2 Å². The summed E-state index contributed by atoms with van der Waals surface area (Å²) in [5.41, 5.74) is -8.16. The molecule has 0 fully saturated rings. The van der Waals surface area contributed by atoms with Crippen molar-refractivity contribution in [1.29, 1.82) is 0 Å². The highest BCUT2D eigenvalue weighted by atomic mass is 19.4. The van der Waals surface area contributed by atoms with Crippen molar-refractivity contribution in [1.82, 2.24) is 0 Å². The maximum Gasteiger partial charge on any atom is 0.442 e. The Balaban J connectivity index is 2.91. The van der Waals surface area contributed by atoms with Gasteiger partial charge < -0.3 is 14.2 Å². The number of carbonyl (C=O) groups excluding carboxylic acids is 3. The van der Waals surface area contributed by atoms with Gasteiger partial charge in [-0.3, -0.25) is 14.4 Å². The van der Waals surface area contributed by atoms with Crippen LogP contribution in [-0.4, -0.2) is 49.7 Å². The second-order valence-electron chi connectivity index (χ2n) is 7.77. The minimum atomic E-state index is -6.11. The van der Waals surface area contributed by atoms with Crippen LogP contribution in [0.5, 0.6) is 0 Å². The van der Waals surface area contributed by atoms with Gasteiger partial charge in [-0.25, -0.2) is 0 Å². The minimum absolute atomic E-state index is 0.170. The Labute approximate surface area is 198 Å². The van der Waals surface area contributed by atoms with Crippen molar-refractivity contribution in [3.05, 3.63) is 35.9 Å². The van der Waals surface area contributed by atoms with E-state index in [-0.39, 0.29) is 6.42 Å². The lowest BCUT2D eigenvalue weighted by Crippen LogP contribution is -2.57. The van der Waals surface area contributed by atoms with E-state index in [1.54, 1.807) is 0 Å². The smallest absolute Gasteiger partial charge is 0.442 e. The zero-order chi connectivity index (χ0) is 28.0. The maximum atomic E-state index is 13.6. The topological polar surface area (TPSA) is 78.9 Å². The average molecular weight is 540 g/mol. The van der Waals surface area contributed by atoms with Crippen LogP contribution in [0, 0.1) is 5.41 Å². The molecular formula is C21H21F9O6. The van der Waals surface area contributed by atoms with Crippen LogP contribution in [0.2, 0.25) is 0 Å². The normalized spacial score (nSPS) is 14.5. The molecule has 1 rings (SSSR count). The third-order valence-electron chi connectivity index (χ3n) is 4.99. The van der Waals surface area contributed by atoms with Crippen molar-refractivity contribution >= 4 is 17.9 Å². The summed E-state index contributed by atoms with van der Waals surface area (Å²) in [6.07, 6.45) is -19.3. The van der Waals surface area contributed by atoms with Crippen molar-refractivity contribution < 1.29 is 68.1 Å². The average Bonchev–Trinajstić information content (AvgIpc) is 2.74. The van der Waals surface area contributed by atoms with Gasteiger partial charge in [-0.15, -0.1) is 0 Å². The molecule has 0 saturated heterocycles. The van der Waals surface area contributed by atoms with Gasteiger partial charge in [0.15, 0.2) is 6.61 Å². The summed E-state index contributed by atoms with van der Waals surface area (Å²) in [5, 5.41) is 0. The summed E-state index contributed by atoms with van der Waals surface area (Å²) < 4.78 is 131. The number of carbonyl (C=O) groups is 3. The zero-order valence-corrected chi connectivity index (χ0v) is 18.8. The molecule has 0 N–H and O–H groups in total. The summed E-state index contributed by atoms with van der Waals surface area (Å²) >= 11 is 0. The standard InChI is InChI=1S/C21H21F9O6/c1-3-17(2,11-15(32)35-12-18(22,23)24)16(33)34-10-9-14(31)36-19(20(25,26)27,21(28,29)30)13-7-5-4-6-8-13/h4-8H,3,9-12H2,1-2H3. The fourth-order valence-electron chi connectivity index (χ4n) is 2.83. The summed E-state index contributed by atoms with van der Waals surface area (Å²) in [4.78, 5) is 35.9. The Kier molecular flexibility index (Phi) is 9.80. The van der Waals surface area contributed by atoms with E-state index in [0.717, 1.165) is 25.1 Å². The lowest BCUT2D eigenvalue weighted by molar-refractivity contribution is -0.377. The second kappa shape index (κ2) is 11.4. The van der Waals surface area contributed by atoms with Crippen molar-refractivity contribution in [2.24, 2.45) is 5.41 Å². The van der Waals surface area contributed by atoms with E-state index in [0.29, 0.717) is 12.1 Å². The van der Waals surface area contributed by atoms with Crippen LogP contribution in [-0.2, 0) is 34.2 Å². The van der Waals surface area contributed by atoms with Crippen molar-refractivity contribution in [3.8, 4) is 0 Å². The van der Waals surface area contributed by atoms with E-state index in [1.165, 1.54) is 6.92 Å². The van der Waals surface area contributed by atoms with Crippen molar-refractivity contribution in [3.63, 3.8) is 0 Å². The Morgan fingerprint density at radius 1 is 0.806 bits per heavy atom. The van der Waals surface area contributed by atoms with Gasteiger partial charge in [0.25, 0.3) is 0 Å². The first kappa shape index (κ1) is 31.0. The van der Waals surface area contributed by atoms with Crippen LogP contribution in [0.25, 0.3) is 0 Å². The van der Waals surface area contributed by atoms with Crippen molar-refractivity contribution in [2.75, 3.05) is 13.2 Å². The van der Waals surface area contributed by atoms with Crippen LogP contribution < -0.4 is 0 Å². The molecule has 1 unspecified atom stereocenters. The van der Waals surface area contributed by atoms with Crippen LogP contribution >= 0.6 is 0 Å². The quantitative estimate of drug-likeness (QED) is 0.225. The molecule has 0 aliphatic rings. The largest absolute Gasteiger partial charge is 0.465 e. The van der Waals surface area contributed by atoms with Crippen LogP contribution in [0.1, 0.15) is 38.7 Å². The third-order valence-corrected chi connectivity index (χ3v) is 4.99. The molecule has 1 aromatic carbocycles. The van der Waals surface area contributed by atoms with E-state index >= 15 is 0 Å². The molecule has 1 aromatic rings. The van der Waals surface area contributed by atoms with Crippen LogP contribution in [0.3, 0.4) is 0 Å². The molecule has 0 aliphatic heterocycles. The molecule has 36 heavy (non-hydrogen) atoms. The van der Waals surface area contributed by atoms with Gasteiger partial charge in [0.05, 0.1) is 18.3 Å². The monoisotopic (exact) mass is 540 g/mol. The molecule has 1 atom stereocenters. The van der Waals surface area contributed by atoms with E-state index in [9.17, 15) is 53.9 Å². The first-order chi connectivity index (χ1) is 16.3. The first-order valence-electron chi connectivity index (χ1n) is 10.1. The fourth-order valence-corrected chi connectivity index (χ4v) is 2.83. The molecule has 0 radical (unpaired) electrons. The molecule has 15 heteroatoms. The number of hydrogen-bond donors (Lipinski definition) is 0. The molecule has 6 nitrogen and oxygen atoms in total. The number of alkyl halides is 9. The first-order valence-corrected chi connectivity index (χ1v) is 10.1. The number of benzene rings is 1. The fraction of sp³-hybridized carbons (Fsp3) is 0.571. The van der Waals surface area contributed by atoms with E-state index < -0.39 is 79.1 Å². The predicted octanol–water partition coefficient (Wildman–Crippen LogP) is 5.39. The van der Waals surface area contributed by atoms with E-state index in [1.807, 2.05) is 0 Å². The maximum absolute atomic E-state index is 13.6. The lowest BCUT2D eigenvalue weighted by atomic mass is 9.84. The lowest BCUT2D eigenvalue weighted by Gasteiger charge is -2.36. The van der Waals surface area contributed by atoms with Gasteiger partial charge in [-0.2, -0.15) is 39.5 Å². The Hall–Kier alpha value is -3.00. The molecule has 204 valence electrons. The number of rotatable bonds is 10. The molecule has 0 heterocycles. The third kappa shape index (κ3) is 7.75. The molecular weight excluding hydrogens is 519 g/mol. The summed E-state index contributed by atoms with van der Waals surface area (Å²) in [5.74, 6) is -4.66. The summed E-state index contributed by atoms with van der Waals surface area (Å²) in [6, 6.07) is 3.84. The molecule has 0 saturated carbocycles. The molecule has 0 amide bonds. The van der Waals surface area contributed by atoms with Crippen molar-refractivity contribution in [2.45, 2.75) is 57.2 Å². The van der Waals surface area contributed by atoms with Gasteiger partial charge in [0.1, 0.15) is 6.61 Å². The number of ether oxygens (including phenoxy) is 3. The Morgan fingerprint density at radius 2 is 1.33 bits per heavy atom. The van der Waals surface area contributed by atoms with Gasteiger partial charge in [0.2, 0.25) is 0 Å². The number of halogens is 9. The van der Waals surface area contributed by atoms with Gasteiger partial charge in [-0.1, -0.05) is 37.3 Å². The Morgan fingerprint density at radius 3 is 1.78 bits per heavy atom. The zero-order valence-electron chi connectivity index (χ0n) is 18.8. The molecule has 0 bridgehead atoms. The number of hydrogen-bond acceptors (Lipinski definition) is 6. The highest BCUT2D eigenvalue weighted by Gasteiger charge is 2.75. The predicted molar refractivity (Wildman–Crippen MR) is 102 cm³/mol. The van der Waals surface area contributed by atoms with Gasteiger partial charge >= 0.3 is 42.0 Å². The SMILES string of the molecule is CCC(C)(CC(=O)OCC(F)(F)F)C(=O)OCCC(=O)OC(c1ccccc1)(C(F)(F)F)C(F)(F)F. The highest BCUT2D eigenvalue weighted by molar-refractivity contribution is 5.83. The van der Waals surface area contributed by atoms with Crippen LogP contribution in [0.15, 0.2) is 30.3 Å². The van der Waals surface area contributed by atoms with Gasteiger partial charge in [-0.05, 0) is 13.3 Å². The molecule has 0 aliphatic carbocycles. The molecule has 0 aromatic heterocycles. The van der Waals surface area contributed by atoms with Gasteiger partial charge in [0, 0.05) is 5.56 Å². The Bertz CT molecular complexity index is 895.